The van der Waals surface area contributed by atoms with E-state index in [2.05, 4.69) is 10.2 Å². The molecule has 2 aromatic carbocycles. The third kappa shape index (κ3) is 5.79. The van der Waals surface area contributed by atoms with Crippen LogP contribution < -0.4 is 10.2 Å². The molecule has 2 N–H and O–H groups in total. The molecule has 144 valence electrons. The van der Waals surface area contributed by atoms with Crippen LogP contribution in [0.15, 0.2) is 54.6 Å². The van der Waals surface area contributed by atoms with Gasteiger partial charge in [-0.1, -0.05) is 30.3 Å². The number of aliphatic hydroxyl groups is 1. The number of benzene rings is 2. The van der Waals surface area contributed by atoms with Crippen LogP contribution in [0.2, 0.25) is 0 Å². The van der Waals surface area contributed by atoms with Gasteiger partial charge in [0, 0.05) is 31.0 Å². The second-order valence-corrected chi connectivity index (χ2v) is 6.82. The number of nitrogens with one attached hydrogen (secondary N) is 1. The van der Waals surface area contributed by atoms with Gasteiger partial charge in [0.1, 0.15) is 0 Å². The summed E-state index contributed by atoms with van der Waals surface area (Å²) in [7, 11) is 1.83. The van der Waals surface area contributed by atoms with Crippen LogP contribution in [0.25, 0.3) is 0 Å². The molecule has 2 aromatic rings. The molecule has 1 aliphatic heterocycles. The summed E-state index contributed by atoms with van der Waals surface area (Å²) < 4.78 is 5.37. The number of ether oxygens (including phenoxy) is 1. The van der Waals surface area contributed by atoms with Gasteiger partial charge in [0.2, 0.25) is 5.91 Å². The highest BCUT2D eigenvalue weighted by Crippen LogP contribution is 2.19. The van der Waals surface area contributed by atoms with E-state index in [1.807, 2.05) is 66.5 Å². The zero-order valence-corrected chi connectivity index (χ0v) is 15.7. The smallest absolute Gasteiger partial charge is 0.238 e. The fourth-order valence-corrected chi connectivity index (χ4v) is 3.16. The summed E-state index contributed by atoms with van der Waals surface area (Å²) in [6.07, 6.45) is -0.614. The van der Waals surface area contributed by atoms with E-state index in [-0.39, 0.29) is 12.5 Å². The fraction of sp³-hybridized carbons (Fsp3) is 0.381. The summed E-state index contributed by atoms with van der Waals surface area (Å²) in [6.45, 7) is 3.89. The van der Waals surface area contributed by atoms with Crippen molar-refractivity contribution in [3.63, 3.8) is 0 Å². The van der Waals surface area contributed by atoms with Gasteiger partial charge in [0.15, 0.2) is 0 Å². The number of carbonyl (C=O) groups is 1. The summed E-state index contributed by atoms with van der Waals surface area (Å²) in [5.74, 6) is -0.100. The number of carbonyl (C=O) groups excluding carboxylic acids is 1. The van der Waals surface area contributed by atoms with Crippen LogP contribution in [0.3, 0.4) is 0 Å². The Labute approximate surface area is 160 Å². The second kappa shape index (κ2) is 9.50. The van der Waals surface area contributed by atoms with Crippen molar-refractivity contribution in [3.05, 3.63) is 60.2 Å². The number of aliphatic hydroxyl groups excluding tert-OH is 1. The monoisotopic (exact) mass is 369 g/mol. The van der Waals surface area contributed by atoms with Crippen LogP contribution in [-0.4, -0.2) is 62.4 Å². The van der Waals surface area contributed by atoms with E-state index in [4.69, 9.17) is 4.74 Å². The van der Waals surface area contributed by atoms with Crippen LogP contribution >= 0.6 is 0 Å². The molecule has 6 nitrogen and oxygen atoms in total. The first kappa shape index (κ1) is 19.4. The van der Waals surface area contributed by atoms with Crippen molar-refractivity contribution in [1.29, 1.82) is 0 Å². The normalized spacial score (nSPS) is 15.6. The van der Waals surface area contributed by atoms with Gasteiger partial charge < -0.3 is 20.1 Å². The van der Waals surface area contributed by atoms with Crippen LogP contribution in [0.1, 0.15) is 11.7 Å². The van der Waals surface area contributed by atoms with Crippen molar-refractivity contribution in [3.8, 4) is 0 Å². The van der Waals surface area contributed by atoms with Crippen LogP contribution in [0.4, 0.5) is 11.4 Å². The molecule has 0 spiro atoms. The predicted octanol–water partition coefficient (Wildman–Crippen LogP) is 2.13. The van der Waals surface area contributed by atoms with Crippen molar-refractivity contribution in [2.45, 2.75) is 6.10 Å². The first-order valence-electron chi connectivity index (χ1n) is 9.26. The number of morpholine rings is 1. The second-order valence-electron chi connectivity index (χ2n) is 6.82. The largest absolute Gasteiger partial charge is 0.387 e. The maximum atomic E-state index is 12.3. The van der Waals surface area contributed by atoms with Crippen molar-refractivity contribution in [1.82, 2.24) is 4.90 Å². The van der Waals surface area contributed by atoms with Crippen LogP contribution in [0.5, 0.6) is 0 Å². The molecule has 0 saturated carbocycles. The summed E-state index contributed by atoms with van der Waals surface area (Å²) in [6, 6.07) is 17.3. The zero-order valence-electron chi connectivity index (χ0n) is 15.7. The zero-order chi connectivity index (χ0) is 19.1. The molecule has 0 unspecified atom stereocenters. The minimum Gasteiger partial charge on any atom is -0.387 e. The average Bonchev–Trinajstić information content (AvgIpc) is 2.69. The third-order valence-electron chi connectivity index (χ3n) is 4.61. The molecule has 27 heavy (non-hydrogen) atoms. The maximum Gasteiger partial charge on any atom is 0.238 e. The van der Waals surface area contributed by atoms with E-state index in [1.165, 1.54) is 0 Å². The highest BCUT2D eigenvalue weighted by atomic mass is 16.5. The fourth-order valence-electron chi connectivity index (χ4n) is 3.16. The number of hydrogen-bond donors (Lipinski definition) is 2. The molecule has 0 aliphatic carbocycles. The van der Waals surface area contributed by atoms with Crippen LogP contribution in [-0.2, 0) is 9.53 Å². The molecule has 1 amide bonds. The van der Waals surface area contributed by atoms with Crippen molar-refractivity contribution in [2.75, 3.05) is 56.7 Å². The lowest BCUT2D eigenvalue weighted by Gasteiger charge is -2.29. The Balaban J connectivity index is 1.47. The van der Waals surface area contributed by atoms with Gasteiger partial charge in [0.25, 0.3) is 0 Å². The van der Waals surface area contributed by atoms with Crippen molar-refractivity contribution < 1.29 is 14.6 Å². The lowest BCUT2D eigenvalue weighted by molar-refractivity contribution is -0.117. The molecule has 0 bridgehead atoms. The number of rotatable bonds is 7. The molecule has 0 aromatic heterocycles. The highest BCUT2D eigenvalue weighted by Gasteiger charge is 2.14. The minimum absolute atomic E-state index is 0.100. The van der Waals surface area contributed by atoms with Crippen molar-refractivity contribution in [2.24, 2.45) is 0 Å². The highest BCUT2D eigenvalue weighted by molar-refractivity contribution is 5.92. The molecule has 1 aliphatic rings. The lowest BCUT2D eigenvalue weighted by Crippen LogP contribution is -2.36. The van der Waals surface area contributed by atoms with E-state index in [9.17, 15) is 9.90 Å². The topological polar surface area (TPSA) is 65.0 Å². The molecule has 3 rings (SSSR count). The Bertz CT molecular complexity index is 715. The summed E-state index contributed by atoms with van der Waals surface area (Å²) in [4.78, 5) is 16.4. The summed E-state index contributed by atoms with van der Waals surface area (Å²) in [5.41, 5.74) is 2.76. The molecule has 1 saturated heterocycles. The Morgan fingerprint density at radius 1 is 1.15 bits per heavy atom. The number of amides is 1. The number of hydrogen-bond acceptors (Lipinski definition) is 5. The minimum atomic E-state index is -0.614. The summed E-state index contributed by atoms with van der Waals surface area (Å²) in [5, 5.41) is 13.2. The van der Waals surface area contributed by atoms with Gasteiger partial charge >= 0.3 is 0 Å². The average molecular weight is 369 g/mol. The van der Waals surface area contributed by atoms with Gasteiger partial charge in [-0.05, 0) is 36.9 Å². The van der Waals surface area contributed by atoms with E-state index in [0.29, 0.717) is 6.54 Å². The first-order valence-corrected chi connectivity index (χ1v) is 9.26. The van der Waals surface area contributed by atoms with E-state index in [1.54, 1.807) is 0 Å². The van der Waals surface area contributed by atoms with Gasteiger partial charge in [-0.3, -0.25) is 9.69 Å². The maximum absolute atomic E-state index is 12.3. The lowest BCUT2D eigenvalue weighted by atomic mass is 10.1. The predicted molar refractivity (Wildman–Crippen MR) is 107 cm³/mol. The molecule has 1 heterocycles. The van der Waals surface area contributed by atoms with Gasteiger partial charge in [0.05, 0.1) is 25.9 Å². The number of anilines is 2. The molecular weight excluding hydrogens is 342 g/mol. The first-order chi connectivity index (χ1) is 13.1. The summed E-state index contributed by atoms with van der Waals surface area (Å²) >= 11 is 0. The third-order valence-corrected chi connectivity index (χ3v) is 4.61. The molecule has 1 atom stereocenters. The standard InChI is InChI=1S/C21H27N3O3/c1-23(15-20(25)17-5-3-2-4-6-17)16-21(26)22-18-7-9-19(10-8-18)24-11-13-27-14-12-24/h2-10,20,25H,11-16H2,1H3,(H,22,26)/t20-/m1/s1. The Morgan fingerprint density at radius 2 is 1.81 bits per heavy atom. The van der Waals surface area contributed by atoms with E-state index >= 15 is 0 Å². The van der Waals surface area contributed by atoms with Crippen LogP contribution in [0, 0.1) is 0 Å². The Kier molecular flexibility index (Phi) is 6.81. The quantitative estimate of drug-likeness (QED) is 0.783. The molecule has 0 radical (unpaired) electrons. The SMILES string of the molecule is CN(CC(=O)Nc1ccc(N2CCOCC2)cc1)C[C@@H](O)c1ccccc1. The van der Waals surface area contributed by atoms with Gasteiger partial charge in [-0.2, -0.15) is 0 Å². The molecule has 1 fully saturated rings. The van der Waals surface area contributed by atoms with Gasteiger partial charge in [-0.25, -0.2) is 0 Å². The molecule has 6 heteroatoms. The Morgan fingerprint density at radius 3 is 2.48 bits per heavy atom. The van der Waals surface area contributed by atoms with Gasteiger partial charge in [-0.15, -0.1) is 0 Å². The molecular formula is C21H27N3O3. The van der Waals surface area contributed by atoms with Crippen molar-refractivity contribution >= 4 is 17.3 Å². The number of nitrogens with zero attached hydrogens (tertiary/aromatic N) is 2. The number of likely N-dealkylation sites (N-methyl/N-ethyl adjacent to an activating group) is 1. The Hall–Kier alpha value is -2.41. The van der Waals surface area contributed by atoms with E-state index in [0.717, 1.165) is 43.2 Å². The van der Waals surface area contributed by atoms with E-state index < -0.39 is 6.10 Å².